The van der Waals surface area contributed by atoms with Crippen LogP contribution in [0, 0.1) is 0 Å². The molecule has 0 aromatic heterocycles. The SMILES string of the molecule is CCCOc1ccc2c(c1)C(O)(c1ccc(OC)cc1OCc1ccccc1)C(C(=O)OC)=C2c1ccc2c(c1)OCO2. The Kier molecular flexibility index (Phi) is 7.69. The van der Waals surface area contributed by atoms with Gasteiger partial charge < -0.3 is 33.5 Å². The molecule has 1 aliphatic carbocycles. The van der Waals surface area contributed by atoms with Crippen LogP contribution in [0.4, 0.5) is 0 Å². The van der Waals surface area contributed by atoms with E-state index < -0.39 is 11.6 Å². The molecule has 1 N–H and O–H groups in total. The van der Waals surface area contributed by atoms with Crippen LogP contribution in [0.15, 0.2) is 90.5 Å². The lowest BCUT2D eigenvalue weighted by atomic mass is 9.82. The third-order valence-electron chi connectivity index (χ3n) is 7.60. The number of carbonyl (C=O) groups excluding carboxylic acids is 1. The van der Waals surface area contributed by atoms with Gasteiger partial charge in [0.1, 0.15) is 23.9 Å². The highest BCUT2D eigenvalue weighted by molar-refractivity contribution is 6.08. The average molecular weight is 581 g/mol. The molecule has 0 saturated carbocycles. The van der Waals surface area contributed by atoms with Gasteiger partial charge in [0, 0.05) is 22.8 Å². The summed E-state index contributed by atoms with van der Waals surface area (Å²) in [5, 5.41) is 13.0. The number of hydrogen-bond donors (Lipinski definition) is 1. The summed E-state index contributed by atoms with van der Waals surface area (Å²) < 4.78 is 34.3. The van der Waals surface area contributed by atoms with Crippen molar-refractivity contribution in [2.24, 2.45) is 0 Å². The van der Waals surface area contributed by atoms with Crippen molar-refractivity contribution in [3.05, 3.63) is 118 Å². The normalized spacial score (nSPS) is 16.6. The number of hydrogen-bond acceptors (Lipinski definition) is 8. The van der Waals surface area contributed by atoms with Crippen LogP contribution < -0.4 is 23.7 Å². The fourth-order valence-electron chi connectivity index (χ4n) is 5.57. The first kappa shape index (κ1) is 28.2. The van der Waals surface area contributed by atoms with Crippen LogP contribution in [0.2, 0.25) is 0 Å². The predicted molar refractivity (Wildman–Crippen MR) is 160 cm³/mol. The number of benzene rings is 4. The van der Waals surface area contributed by atoms with Crippen molar-refractivity contribution in [1.29, 1.82) is 0 Å². The van der Waals surface area contributed by atoms with Crippen molar-refractivity contribution in [2.75, 3.05) is 27.6 Å². The number of aliphatic hydroxyl groups is 1. The Balaban J connectivity index is 1.59. The Morgan fingerprint density at radius 1 is 0.860 bits per heavy atom. The second-order valence-electron chi connectivity index (χ2n) is 10.2. The van der Waals surface area contributed by atoms with E-state index in [0.717, 1.165) is 12.0 Å². The molecule has 0 fully saturated rings. The minimum absolute atomic E-state index is 0.0474. The van der Waals surface area contributed by atoms with E-state index in [0.29, 0.717) is 63.2 Å². The lowest BCUT2D eigenvalue weighted by Crippen LogP contribution is -2.33. The maximum atomic E-state index is 13.8. The van der Waals surface area contributed by atoms with Gasteiger partial charge in [-0.1, -0.05) is 49.4 Å². The van der Waals surface area contributed by atoms with Gasteiger partial charge in [-0.25, -0.2) is 4.79 Å². The number of methoxy groups -OCH3 is 2. The fraction of sp³-hybridized carbons (Fsp3) is 0.229. The molecule has 1 atom stereocenters. The summed E-state index contributed by atoms with van der Waals surface area (Å²) in [6, 6.07) is 25.8. The first-order valence-electron chi connectivity index (χ1n) is 14.1. The zero-order chi connectivity index (χ0) is 30.0. The van der Waals surface area contributed by atoms with Gasteiger partial charge in [-0.2, -0.15) is 0 Å². The van der Waals surface area contributed by atoms with Crippen LogP contribution in [0.1, 0.15) is 41.2 Å². The van der Waals surface area contributed by atoms with Gasteiger partial charge in [0.25, 0.3) is 0 Å². The summed E-state index contributed by atoms with van der Waals surface area (Å²) in [4.78, 5) is 13.8. The van der Waals surface area contributed by atoms with E-state index in [1.54, 1.807) is 43.5 Å². The Morgan fingerprint density at radius 3 is 2.42 bits per heavy atom. The van der Waals surface area contributed by atoms with Crippen molar-refractivity contribution in [1.82, 2.24) is 0 Å². The first-order chi connectivity index (χ1) is 21.0. The van der Waals surface area contributed by atoms with Gasteiger partial charge >= 0.3 is 5.97 Å². The van der Waals surface area contributed by atoms with Gasteiger partial charge in [-0.05, 0) is 59.5 Å². The minimum Gasteiger partial charge on any atom is -0.497 e. The smallest absolute Gasteiger partial charge is 0.338 e. The molecule has 2 aliphatic rings. The molecule has 1 aliphatic heterocycles. The molecule has 43 heavy (non-hydrogen) atoms. The third-order valence-corrected chi connectivity index (χ3v) is 7.60. The summed E-state index contributed by atoms with van der Waals surface area (Å²) in [6.45, 7) is 2.85. The van der Waals surface area contributed by atoms with E-state index in [1.165, 1.54) is 7.11 Å². The molecule has 1 unspecified atom stereocenters. The molecule has 4 aromatic rings. The van der Waals surface area contributed by atoms with Gasteiger partial charge in [0.05, 0.1) is 26.4 Å². The standard InChI is InChI=1S/C35H32O8/c1-4-16-40-25-11-13-26-28(18-25)35(37,27-14-12-24(38-2)19-30(27)41-20-22-8-6-5-7-9-22)33(34(36)39-3)32(26)23-10-15-29-31(17-23)43-21-42-29/h5-15,17-19,37H,4,16,20-21H2,1-3H3. The van der Waals surface area contributed by atoms with Crippen LogP contribution in [0.5, 0.6) is 28.7 Å². The molecular formula is C35H32O8. The van der Waals surface area contributed by atoms with Gasteiger partial charge in [0.15, 0.2) is 17.1 Å². The summed E-state index contributed by atoms with van der Waals surface area (Å²) in [6.07, 6.45) is 0.811. The minimum atomic E-state index is -1.97. The molecule has 8 heteroatoms. The van der Waals surface area contributed by atoms with E-state index in [1.807, 2.05) is 55.5 Å². The van der Waals surface area contributed by atoms with Crippen LogP contribution in [-0.4, -0.2) is 38.7 Å². The summed E-state index contributed by atoms with van der Waals surface area (Å²) in [5.74, 6) is 1.92. The highest BCUT2D eigenvalue weighted by atomic mass is 16.7. The van der Waals surface area contributed by atoms with Crippen LogP contribution in [-0.2, 0) is 21.7 Å². The zero-order valence-electron chi connectivity index (χ0n) is 24.2. The summed E-state index contributed by atoms with van der Waals surface area (Å²) in [5.41, 5.74) is 1.65. The van der Waals surface area contributed by atoms with Crippen molar-refractivity contribution in [3.8, 4) is 28.7 Å². The number of ether oxygens (including phenoxy) is 6. The van der Waals surface area contributed by atoms with E-state index >= 15 is 0 Å². The maximum Gasteiger partial charge on any atom is 0.338 e. The second kappa shape index (κ2) is 11.7. The first-order valence-corrected chi connectivity index (χ1v) is 14.1. The van der Waals surface area contributed by atoms with E-state index in [9.17, 15) is 9.90 Å². The second-order valence-corrected chi connectivity index (χ2v) is 10.2. The molecule has 4 aromatic carbocycles. The molecule has 1 heterocycles. The third kappa shape index (κ3) is 5.04. The Bertz CT molecular complexity index is 1690. The topological polar surface area (TPSA) is 92.7 Å². The molecule has 0 radical (unpaired) electrons. The molecule has 8 nitrogen and oxygen atoms in total. The number of fused-ring (bicyclic) bond motifs is 2. The van der Waals surface area contributed by atoms with E-state index in [4.69, 9.17) is 28.4 Å². The molecule has 220 valence electrons. The van der Waals surface area contributed by atoms with Crippen molar-refractivity contribution >= 4 is 11.5 Å². The lowest BCUT2D eigenvalue weighted by molar-refractivity contribution is -0.138. The Morgan fingerprint density at radius 2 is 1.65 bits per heavy atom. The summed E-state index contributed by atoms with van der Waals surface area (Å²) in [7, 11) is 2.86. The van der Waals surface area contributed by atoms with Crippen LogP contribution >= 0.6 is 0 Å². The zero-order valence-corrected chi connectivity index (χ0v) is 24.2. The quantitative estimate of drug-likeness (QED) is 0.228. The van der Waals surface area contributed by atoms with E-state index in [2.05, 4.69) is 0 Å². The molecule has 6 rings (SSSR count). The molecule has 0 spiro atoms. The van der Waals surface area contributed by atoms with Crippen molar-refractivity contribution < 1.29 is 38.3 Å². The number of rotatable bonds is 10. The summed E-state index contributed by atoms with van der Waals surface area (Å²) >= 11 is 0. The van der Waals surface area contributed by atoms with Gasteiger partial charge in [-0.15, -0.1) is 0 Å². The highest BCUT2D eigenvalue weighted by Crippen LogP contribution is 2.55. The van der Waals surface area contributed by atoms with Crippen molar-refractivity contribution in [3.63, 3.8) is 0 Å². The van der Waals surface area contributed by atoms with Crippen molar-refractivity contribution in [2.45, 2.75) is 25.6 Å². The van der Waals surface area contributed by atoms with Gasteiger partial charge in [-0.3, -0.25) is 0 Å². The highest BCUT2D eigenvalue weighted by Gasteiger charge is 2.51. The van der Waals surface area contributed by atoms with Crippen LogP contribution in [0.3, 0.4) is 0 Å². The maximum absolute atomic E-state index is 13.8. The molecule has 0 amide bonds. The van der Waals surface area contributed by atoms with E-state index in [-0.39, 0.29) is 19.0 Å². The number of carbonyl (C=O) groups is 1. The Hall–Kier alpha value is -4.95. The number of esters is 1. The molecule has 0 saturated heterocycles. The van der Waals surface area contributed by atoms with Crippen LogP contribution in [0.25, 0.3) is 5.57 Å². The largest absolute Gasteiger partial charge is 0.497 e. The fourth-order valence-corrected chi connectivity index (χ4v) is 5.57. The molecular weight excluding hydrogens is 548 g/mol. The molecule has 0 bridgehead atoms. The lowest BCUT2D eigenvalue weighted by Gasteiger charge is -2.30. The van der Waals surface area contributed by atoms with Gasteiger partial charge in [0.2, 0.25) is 6.79 Å². The monoisotopic (exact) mass is 580 g/mol. The predicted octanol–water partition coefficient (Wildman–Crippen LogP) is 6.02. The Labute approximate surface area is 250 Å². The average Bonchev–Trinajstić information content (AvgIpc) is 3.63.